The first-order valence-electron chi connectivity index (χ1n) is 13.2. The lowest BCUT2D eigenvalue weighted by atomic mass is 10.0. The molecule has 3 amide bonds. The average molecular weight is 549 g/mol. The normalized spacial score (nSPS) is 17.4. The molecule has 2 fully saturated rings. The third-order valence-corrected chi connectivity index (χ3v) is 7.90. The van der Waals surface area contributed by atoms with Crippen molar-refractivity contribution in [2.24, 2.45) is 0 Å². The van der Waals surface area contributed by atoms with Crippen molar-refractivity contribution in [2.75, 3.05) is 60.3 Å². The van der Waals surface area contributed by atoms with E-state index in [4.69, 9.17) is 0 Å². The zero-order valence-corrected chi connectivity index (χ0v) is 22.8. The van der Waals surface area contributed by atoms with Gasteiger partial charge >= 0.3 is 6.03 Å². The van der Waals surface area contributed by atoms with E-state index in [9.17, 15) is 19.6 Å². The van der Waals surface area contributed by atoms with Crippen LogP contribution in [-0.2, 0) is 17.8 Å². The highest BCUT2D eigenvalue weighted by Crippen LogP contribution is 2.30. The number of nitrogens with one attached hydrogen (secondary N) is 2. The van der Waals surface area contributed by atoms with E-state index in [1.165, 1.54) is 23.9 Å². The Kier molecular flexibility index (Phi) is 8.28. The molecule has 2 aliphatic heterocycles. The van der Waals surface area contributed by atoms with Crippen LogP contribution in [0.1, 0.15) is 46.4 Å². The Bertz CT molecular complexity index is 1310. The first-order chi connectivity index (χ1) is 19.0. The summed E-state index contributed by atoms with van der Waals surface area (Å²) < 4.78 is 0. The maximum Gasteiger partial charge on any atom is 0.328 e. The lowest BCUT2D eigenvalue weighted by molar-refractivity contribution is -0.136. The second kappa shape index (κ2) is 12.0. The fourth-order valence-electron chi connectivity index (χ4n) is 5.06. The topological polar surface area (TPSA) is 135 Å². The maximum atomic E-state index is 13.3. The molecule has 204 valence electrons. The predicted octanol–water partition coefficient (Wildman–Crippen LogP) is 2.73. The number of anilines is 3. The molecule has 39 heavy (non-hydrogen) atoms. The number of aromatic nitrogens is 2. The summed E-state index contributed by atoms with van der Waals surface area (Å²) in [5.41, 5.74) is 2.81. The number of urea groups is 1. The van der Waals surface area contributed by atoms with Gasteiger partial charge in [0.1, 0.15) is 23.4 Å². The second-order valence-corrected chi connectivity index (χ2v) is 11.0. The molecule has 11 nitrogen and oxygen atoms in total. The van der Waals surface area contributed by atoms with Crippen LogP contribution < -0.4 is 15.5 Å². The van der Waals surface area contributed by atoms with Gasteiger partial charge in [-0.3, -0.25) is 24.7 Å². The summed E-state index contributed by atoms with van der Waals surface area (Å²) in [5, 5.41) is 15.4. The Labute approximate surface area is 231 Å². The number of piperazine rings is 1. The lowest BCUT2D eigenvalue weighted by Gasteiger charge is -2.35. The van der Waals surface area contributed by atoms with Gasteiger partial charge in [0.05, 0.1) is 17.8 Å². The van der Waals surface area contributed by atoms with Crippen LogP contribution in [0, 0.1) is 11.3 Å². The largest absolute Gasteiger partial charge is 0.383 e. The monoisotopic (exact) mass is 548 g/mol. The van der Waals surface area contributed by atoms with E-state index in [0.717, 1.165) is 30.7 Å². The Balaban J connectivity index is 1.31. The summed E-state index contributed by atoms with van der Waals surface area (Å²) in [6, 6.07) is 5.82. The number of pyridine rings is 2. The van der Waals surface area contributed by atoms with E-state index in [2.05, 4.69) is 31.6 Å². The van der Waals surface area contributed by atoms with Crippen molar-refractivity contribution < 1.29 is 14.4 Å². The molecule has 0 spiro atoms. The van der Waals surface area contributed by atoms with Gasteiger partial charge in [0.25, 0.3) is 0 Å². The van der Waals surface area contributed by atoms with Gasteiger partial charge in [0, 0.05) is 62.3 Å². The molecule has 1 aliphatic carbocycles. The molecule has 4 heterocycles. The Hall–Kier alpha value is -3.69. The minimum atomic E-state index is -0.410. The van der Waals surface area contributed by atoms with Gasteiger partial charge in [-0.25, -0.2) is 14.8 Å². The summed E-state index contributed by atoms with van der Waals surface area (Å²) in [4.78, 5) is 52.5. The molecule has 2 aromatic heterocycles. The van der Waals surface area contributed by atoms with E-state index in [0.29, 0.717) is 73.5 Å². The Morgan fingerprint density at radius 2 is 2.13 bits per heavy atom. The zero-order chi connectivity index (χ0) is 27.4. The van der Waals surface area contributed by atoms with Gasteiger partial charge in [0.15, 0.2) is 6.29 Å². The molecule has 0 atom stereocenters. The smallest absolute Gasteiger partial charge is 0.328 e. The SMILES string of the molecule is CSCCNc1cc(NC(=O)N2CCCc3cc(CN4CCN(C5CC5)CC4=O)c(C=O)nc32)ncc1C#N. The molecule has 0 radical (unpaired) electrons. The molecule has 5 rings (SSSR count). The summed E-state index contributed by atoms with van der Waals surface area (Å²) in [5.74, 6) is 1.70. The standard InChI is InChI=1S/C27H32N8O3S/c1-39-10-6-29-22-12-24(30-14-20(22)13-28)32-27(38)35-7-2-3-18-11-19(23(17-36)31-26(18)35)15-34-9-8-33(16-25(34)37)21-4-5-21/h11-12,14,17,21H,2-10,15-16H2,1H3,(H2,29,30,32,38). The fraction of sp³-hybridized carbons (Fsp3) is 0.481. The van der Waals surface area contributed by atoms with Crippen LogP contribution in [0.15, 0.2) is 18.3 Å². The minimum absolute atomic E-state index is 0.0703. The van der Waals surface area contributed by atoms with Gasteiger partial charge in [-0.15, -0.1) is 0 Å². The highest BCUT2D eigenvalue weighted by atomic mass is 32.2. The average Bonchev–Trinajstić information content (AvgIpc) is 3.79. The van der Waals surface area contributed by atoms with E-state index < -0.39 is 6.03 Å². The number of fused-ring (bicyclic) bond motifs is 1. The van der Waals surface area contributed by atoms with Crippen molar-refractivity contribution in [3.8, 4) is 6.07 Å². The number of nitriles is 1. The quantitative estimate of drug-likeness (QED) is 0.358. The number of hydrogen-bond donors (Lipinski definition) is 2. The summed E-state index contributed by atoms with van der Waals surface area (Å²) in [6.07, 6.45) is 7.92. The van der Waals surface area contributed by atoms with Crippen molar-refractivity contribution in [1.29, 1.82) is 5.26 Å². The number of hydrogen-bond acceptors (Lipinski definition) is 9. The Morgan fingerprint density at radius 1 is 1.28 bits per heavy atom. The minimum Gasteiger partial charge on any atom is -0.383 e. The predicted molar refractivity (Wildman–Crippen MR) is 150 cm³/mol. The first-order valence-corrected chi connectivity index (χ1v) is 14.6. The number of carbonyl (C=O) groups excluding carboxylic acids is 3. The Morgan fingerprint density at radius 3 is 2.85 bits per heavy atom. The van der Waals surface area contributed by atoms with Crippen molar-refractivity contribution in [1.82, 2.24) is 19.8 Å². The van der Waals surface area contributed by atoms with Gasteiger partial charge < -0.3 is 10.2 Å². The molecule has 0 unspecified atom stereocenters. The van der Waals surface area contributed by atoms with Crippen molar-refractivity contribution in [3.63, 3.8) is 0 Å². The van der Waals surface area contributed by atoms with Gasteiger partial charge in [-0.1, -0.05) is 0 Å². The van der Waals surface area contributed by atoms with Crippen molar-refractivity contribution in [3.05, 3.63) is 40.7 Å². The third kappa shape index (κ3) is 6.15. The number of rotatable bonds is 9. The molecular weight excluding hydrogens is 516 g/mol. The summed E-state index contributed by atoms with van der Waals surface area (Å²) in [7, 11) is 0. The zero-order valence-electron chi connectivity index (χ0n) is 22.0. The number of nitrogens with zero attached hydrogens (tertiary/aromatic N) is 6. The lowest BCUT2D eigenvalue weighted by Crippen LogP contribution is -2.50. The van der Waals surface area contributed by atoms with Crippen LogP contribution >= 0.6 is 11.8 Å². The van der Waals surface area contributed by atoms with Crippen molar-refractivity contribution in [2.45, 2.75) is 38.3 Å². The molecule has 12 heteroatoms. The second-order valence-electron chi connectivity index (χ2n) is 9.98. The molecule has 2 N–H and O–H groups in total. The van der Waals surface area contributed by atoms with E-state index >= 15 is 0 Å². The number of aldehydes is 1. The van der Waals surface area contributed by atoms with Crippen LogP contribution in [0.2, 0.25) is 0 Å². The molecule has 1 saturated heterocycles. The van der Waals surface area contributed by atoms with E-state index in [1.54, 1.807) is 22.7 Å². The number of carbonyl (C=O) groups is 3. The molecular formula is C27H32N8O3S. The molecule has 0 aromatic carbocycles. The summed E-state index contributed by atoms with van der Waals surface area (Å²) >= 11 is 1.69. The van der Waals surface area contributed by atoms with E-state index in [-0.39, 0.29) is 11.6 Å². The van der Waals surface area contributed by atoms with Crippen LogP contribution in [0.25, 0.3) is 0 Å². The molecule has 0 bridgehead atoms. The highest BCUT2D eigenvalue weighted by molar-refractivity contribution is 7.98. The molecule has 2 aromatic rings. The van der Waals surface area contributed by atoms with Crippen LogP contribution in [0.4, 0.5) is 22.1 Å². The van der Waals surface area contributed by atoms with Gasteiger partial charge in [-0.05, 0) is 43.6 Å². The maximum absolute atomic E-state index is 13.3. The van der Waals surface area contributed by atoms with Crippen LogP contribution in [0.3, 0.4) is 0 Å². The van der Waals surface area contributed by atoms with Crippen LogP contribution in [0.5, 0.6) is 0 Å². The highest BCUT2D eigenvalue weighted by Gasteiger charge is 2.35. The van der Waals surface area contributed by atoms with Crippen LogP contribution in [-0.4, -0.2) is 88.8 Å². The molecule has 3 aliphatic rings. The fourth-order valence-corrected chi connectivity index (χ4v) is 5.37. The number of thioether (sulfide) groups is 1. The van der Waals surface area contributed by atoms with Crippen molar-refractivity contribution >= 4 is 47.3 Å². The first kappa shape index (κ1) is 26.9. The number of aryl methyl sites for hydroxylation is 1. The number of amides is 3. The van der Waals surface area contributed by atoms with Gasteiger partial charge in [0.2, 0.25) is 5.91 Å². The van der Waals surface area contributed by atoms with Gasteiger partial charge in [-0.2, -0.15) is 17.0 Å². The third-order valence-electron chi connectivity index (χ3n) is 7.29. The van der Waals surface area contributed by atoms with E-state index in [1.807, 2.05) is 12.3 Å². The molecule has 1 saturated carbocycles. The summed E-state index contributed by atoms with van der Waals surface area (Å²) in [6.45, 7) is 3.35.